The summed E-state index contributed by atoms with van der Waals surface area (Å²) < 4.78 is 0. The van der Waals surface area contributed by atoms with Crippen molar-refractivity contribution in [2.45, 2.75) is 12.2 Å². The summed E-state index contributed by atoms with van der Waals surface area (Å²) in [7, 11) is 0. The van der Waals surface area contributed by atoms with Crippen LogP contribution >= 0.6 is 0 Å². The molecule has 1 aromatic carbocycles. The normalized spacial score (nSPS) is 17.0. The number of anilines is 2. The number of hydrogen-bond acceptors (Lipinski definition) is 8. The van der Waals surface area contributed by atoms with Crippen LogP contribution in [0.5, 0.6) is 0 Å². The molecular formula is C21H25N5O5. The smallest absolute Gasteiger partial charge is 0.328 e. The molecule has 1 aromatic heterocycles. The number of nitrogens with zero attached hydrogens (tertiary/aromatic N) is 1. The minimum absolute atomic E-state index is 0.226. The standard InChI is InChI=1S/C21H25N5O5/c22-6-8-24-14-1-2-15(25-9-10-26-16(27)3-4-17(28)29)18-19(14)21(31)13-11-23-7-5-12(13)20(18)30/h1-5,7,11,20-21,24-25,30-31H,6,8-10,22H2,(H,26,27)(H,28,29)/b4-3-. The number of benzene rings is 1. The SMILES string of the molecule is NCCNc1ccc(NCCNC(=O)/C=C\C(=O)O)c2c1C(O)c1cnccc1C2O. The third-order valence-electron chi connectivity index (χ3n) is 4.89. The van der Waals surface area contributed by atoms with Crippen molar-refractivity contribution in [1.82, 2.24) is 10.3 Å². The van der Waals surface area contributed by atoms with Crippen LogP contribution in [0.1, 0.15) is 34.5 Å². The summed E-state index contributed by atoms with van der Waals surface area (Å²) in [6.45, 7) is 1.45. The van der Waals surface area contributed by atoms with Gasteiger partial charge in [0.2, 0.25) is 5.91 Å². The zero-order valence-corrected chi connectivity index (χ0v) is 16.7. The molecule has 0 aliphatic heterocycles. The van der Waals surface area contributed by atoms with E-state index in [1.54, 1.807) is 30.6 Å². The Kier molecular flexibility index (Phi) is 7.19. The summed E-state index contributed by atoms with van der Waals surface area (Å²) in [5.41, 5.74) is 9.05. The zero-order valence-electron chi connectivity index (χ0n) is 16.7. The number of fused-ring (bicyclic) bond motifs is 2. The number of carbonyl (C=O) groups excluding carboxylic acids is 1. The molecular weight excluding hydrogens is 402 g/mol. The van der Waals surface area contributed by atoms with Crippen LogP contribution in [-0.4, -0.2) is 58.4 Å². The second kappa shape index (κ2) is 10.0. The van der Waals surface area contributed by atoms with Gasteiger partial charge in [0.15, 0.2) is 0 Å². The number of aliphatic hydroxyl groups is 2. The largest absolute Gasteiger partial charge is 0.478 e. The number of aromatic nitrogens is 1. The number of nitrogens with two attached hydrogens (primary N) is 1. The quantitative estimate of drug-likeness (QED) is 0.217. The van der Waals surface area contributed by atoms with Crippen LogP contribution in [0, 0.1) is 0 Å². The topological polar surface area (TPSA) is 170 Å². The van der Waals surface area contributed by atoms with E-state index in [-0.39, 0.29) is 6.54 Å². The van der Waals surface area contributed by atoms with Gasteiger partial charge in [0.05, 0.1) is 0 Å². The fourth-order valence-electron chi connectivity index (χ4n) is 3.54. The molecule has 0 saturated carbocycles. The summed E-state index contributed by atoms with van der Waals surface area (Å²) in [6.07, 6.45) is 2.84. The highest BCUT2D eigenvalue weighted by Gasteiger charge is 2.34. The van der Waals surface area contributed by atoms with Gasteiger partial charge >= 0.3 is 5.97 Å². The summed E-state index contributed by atoms with van der Waals surface area (Å²) in [4.78, 5) is 26.1. The number of carboxylic acids is 1. The van der Waals surface area contributed by atoms with Gasteiger partial charge in [0.1, 0.15) is 12.2 Å². The zero-order chi connectivity index (χ0) is 22.4. The Morgan fingerprint density at radius 3 is 2.26 bits per heavy atom. The number of carboxylic acid groups (broad SMARTS) is 1. The van der Waals surface area contributed by atoms with Gasteiger partial charge < -0.3 is 37.0 Å². The fraction of sp³-hybridized carbons (Fsp3) is 0.286. The molecule has 0 spiro atoms. The first-order valence-corrected chi connectivity index (χ1v) is 9.77. The first kappa shape index (κ1) is 22.2. The number of carbonyl (C=O) groups is 2. The molecule has 10 heteroatoms. The molecule has 164 valence electrons. The van der Waals surface area contributed by atoms with Crippen molar-refractivity contribution in [2.75, 3.05) is 36.8 Å². The summed E-state index contributed by atoms with van der Waals surface area (Å²) in [6, 6.07) is 5.25. The number of aliphatic carboxylic acids is 1. The van der Waals surface area contributed by atoms with Crippen LogP contribution in [0.4, 0.5) is 11.4 Å². The van der Waals surface area contributed by atoms with E-state index in [0.29, 0.717) is 53.3 Å². The van der Waals surface area contributed by atoms with E-state index < -0.39 is 24.1 Å². The summed E-state index contributed by atoms with van der Waals surface area (Å²) in [5, 5.41) is 39.5. The average molecular weight is 427 g/mol. The lowest BCUT2D eigenvalue weighted by Gasteiger charge is -2.32. The first-order chi connectivity index (χ1) is 14.9. The van der Waals surface area contributed by atoms with Gasteiger partial charge in [-0.05, 0) is 23.8 Å². The van der Waals surface area contributed by atoms with Crippen LogP contribution in [-0.2, 0) is 9.59 Å². The number of amides is 1. The molecule has 0 saturated heterocycles. The molecule has 1 aliphatic carbocycles. The van der Waals surface area contributed by atoms with Crippen molar-refractivity contribution in [3.8, 4) is 0 Å². The molecule has 1 amide bonds. The first-order valence-electron chi connectivity index (χ1n) is 9.77. The van der Waals surface area contributed by atoms with Gasteiger partial charge in [0.25, 0.3) is 0 Å². The van der Waals surface area contributed by atoms with Gasteiger partial charge in [-0.3, -0.25) is 9.78 Å². The van der Waals surface area contributed by atoms with E-state index in [1.165, 1.54) is 0 Å². The number of pyridine rings is 1. The third-order valence-corrected chi connectivity index (χ3v) is 4.89. The van der Waals surface area contributed by atoms with Crippen molar-refractivity contribution in [3.05, 3.63) is 65.0 Å². The maximum absolute atomic E-state index is 11.6. The van der Waals surface area contributed by atoms with Crippen LogP contribution < -0.4 is 21.7 Å². The molecule has 10 nitrogen and oxygen atoms in total. The van der Waals surface area contributed by atoms with E-state index in [1.807, 2.05) is 0 Å². The van der Waals surface area contributed by atoms with E-state index in [9.17, 15) is 19.8 Å². The molecule has 0 fully saturated rings. The van der Waals surface area contributed by atoms with Crippen LogP contribution in [0.25, 0.3) is 0 Å². The van der Waals surface area contributed by atoms with E-state index in [2.05, 4.69) is 20.9 Å². The monoisotopic (exact) mass is 427 g/mol. The van der Waals surface area contributed by atoms with E-state index in [4.69, 9.17) is 10.8 Å². The Morgan fingerprint density at radius 2 is 1.61 bits per heavy atom. The molecule has 2 unspecified atom stereocenters. The molecule has 2 aromatic rings. The molecule has 2 atom stereocenters. The van der Waals surface area contributed by atoms with Crippen LogP contribution in [0.15, 0.2) is 42.7 Å². The molecule has 0 radical (unpaired) electrons. The van der Waals surface area contributed by atoms with Crippen molar-refractivity contribution >= 4 is 23.3 Å². The van der Waals surface area contributed by atoms with Crippen LogP contribution in [0.2, 0.25) is 0 Å². The Labute approximate surface area is 178 Å². The minimum atomic E-state index is -1.20. The molecule has 1 heterocycles. The Bertz CT molecular complexity index is 994. The maximum atomic E-state index is 11.6. The van der Waals surface area contributed by atoms with Crippen molar-refractivity contribution in [2.24, 2.45) is 5.73 Å². The highest BCUT2D eigenvalue weighted by atomic mass is 16.4. The maximum Gasteiger partial charge on any atom is 0.328 e. The molecule has 0 bridgehead atoms. The minimum Gasteiger partial charge on any atom is -0.478 e. The van der Waals surface area contributed by atoms with Crippen molar-refractivity contribution in [3.63, 3.8) is 0 Å². The van der Waals surface area contributed by atoms with Crippen molar-refractivity contribution < 1.29 is 24.9 Å². The molecule has 8 N–H and O–H groups in total. The highest BCUT2D eigenvalue weighted by molar-refractivity contribution is 5.93. The number of aliphatic hydroxyl groups excluding tert-OH is 2. The van der Waals surface area contributed by atoms with E-state index in [0.717, 1.165) is 12.2 Å². The average Bonchev–Trinajstić information content (AvgIpc) is 2.77. The lowest BCUT2D eigenvalue weighted by atomic mass is 9.81. The van der Waals surface area contributed by atoms with Crippen molar-refractivity contribution in [1.29, 1.82) is 0 Å². The lowest BCUT2D eigenvalue weighted by molar-refractivity contribution is -0.131. The van der Waals surface area contributed by atoms with E-state index >= 15 is 0 Å². The molecule has 1 aliphatic rings. The van der Waals surface area contributed by atoms with Gasteiger partial charge in [0, 0.05) is 78.8 Å². The summed E-state index contributed by atoms with van der Waals surface area (Å²) in [5.74, 6) is -1.73. The fourth-order valence-corrected chi connectivity index (χ4v) is 3.54. The van der Waals surface area contributed by atoms with Crippen LogP contribution in [0.3, 0.4) is 0 Å². The Balaban J connectivity index is 1.82. The predicted octanol–water partition coefficient (Wildman–Crippen LogP) is 0.0979. The van der Waals surface area contributed by atoms with Gasteiger partial charge in [-0.15, -0.1) is 0 Å². The second-order valence-electron chi connectivity index (χ2n) is 6.90. The van der Waals surface area contributed by atoms with Gasteiger partial charge in [-0.25, -0.2) is 4.79 Å². The van der Waals surface area contributed by atoms with Gasteiger partial charge in [-0.2, -0.15) is 0 Å². The summed E-state index contributed by atoms with van der Waals surface area (Å²) >= 11 is 0. The molecule has 3 rings (SSSR count). The molecule has 31 heavy (non-hydrogen) atoms. The number of rotatable bonds is 9. The third kappa shape index (κ3) is 5.00. The highest BCUT2D eigenvalue weighted by Crippen LogP contribution is 2.46. The number of nitrogens with one attached hydrogen (secondary N) is 3. The Hall–Kier alpha value is -3.47. The second-order valence-corrected chi connectivity index (χ2v) is 6.90. The number of hydrogen-bond donors (Lipinski definition) is 7. The lowest BCUT2D eigenvalue weighted by Crippen LogP contribution is -2.28. The Morgan fingerprint density at radius 1 is 0.968 bits per heavy atom. The predicted molar refractivity (Wildman–Crippen MR) is 115 cm³/mol. The van der Waals surface area contributed by atoms with Gasteiger partial charge in [-0.1, -0.05) is 0 Å².